The minimum Gasteiger partial charge on any atom is -0.505 e. The van der Waals surface area contributed by atoms with Crippen LogP contribution in [0, 0.1) is 5.92 Å². The van der Waals surface area contributed by atoms with Crippen LogP contribution < -0.4 is 5.32 Å². The second kappa shape index (κ2) is 6.52. The summed E-state index contributed by atoms with van der Waals surface area (Å²) in [5, 5.41) is 12.5. The molecule has 0 atom stereocenters. The van der Waals surface area contributed by atoms with Crippen molar-refractivity contribution in [3.05, 3.63) is 24.0 Å². The van der Waals surface area contributed by atoms with Gasteiger partial charge in [-0.2, -0.15) is 0 Å². The Kier molecular flexibility index (Phi) is 4.74. The highest BCUT2D eigenvalue weighted by atomic mass is 16.3. The summed E-state index contributed by atoms with van der Waals surface area (Å²) >= 11 is 0. The first-order valence-electron chi connectivity index (χ1n) is 6.84. The number of carbonyl (C=O) groups excluding carboxylic acids is 1. The minimum absolute atomic E-state index is 0.0687. The Hall–Kier alpha value is -1.62. The van der Waals surface area contributed by atoms with E-state index >= 15 is 0 Å². The van der Waals surface area contributed by atoms with E-state index in [0.717, 1.165) is 32.5 Å². The Morgan fingerprint density at radius 2 is 2.26 bits per heavy atom. The zero-order valence-electron chi connectivity index (χ0n) is 11.3. The molecule has 0 saturated carbocycles. The fraction of sp³-hybridized carbons (Fsp3) is 0.571. The summed E-state index contributed by atoms with van der Waals surface area (Å²) in [5.74, 6) is 0.245. The lowest BCUT2D eigenvalue weighted by atomic mass is 9.97. The summed E-state index contributed by atoms with van der Waals surface area (Å²) < 4.78 is 0. The van der Waals surface area contributed by atoms with Gasteiger partial charge < -0.3 is 15.3 Å². The summed E-state index contributed by atoms with van der Waals surface area (Å²) in [6, 6.07) is 1.53. The summed E-state index contributed by atoms with van der Waals surface area (Å²) in [6.45, 7) is 6.17. The second-order valence-corrected chi connectivity index (χ2v) is 4.98. The molecular formula is C14H21N3O2. The molecule has 1 amide bonds. The molecule has 5 nitrogen and oxygen atoms in total. The van der Waals surface area contributed by atoms with Crippen LogP contribution in [0.15, 0.2) is 18.5 Å². The highest BCUT2D eigenvalue weighted by Gasteiger charge is 2.19. The van der Waals surface area contributed by atoms with Gasteiger partial charge in [0, 0.05) is 12.7 Å². The van der Waals surface area contributed by atoms with Crippen molar-refractivity contribution in [3.8, 4) is 5.75 Å². The molecule has 0 aliphatic carbocycles. The molecule has 2 N–H and O–H groups in total. The molecule has 1 aromatic heterocycles. The smallest absolute Gasteiger partial charge is 0.255 e. The van der Waals surface area contributed by atoms with Crippen molar-refractivity contribution >= 4 is 5.91 Å². The number of aromatic hydroxyl groups is 1. The van der Waals surface area contributed by atoms with Gasteiger partial charge in [-0.15, -0.1) is 0 Å². The molecule has 1 fully saturated rings. The maximum absolute atomic E-state index is 11.9. The predicted molar refractivity (Wildman–Crippen MR) is 73.1 cm³/mol. The third kappa shape index (κ3) is 3.67. The first kappa shape index (κ1) is 13.8. The number of nitrogens with one attached hydrogen (secondary N) is 1. The van der Waals surface area contributed by atoms with Crippen molar-refractivity contribution in [3.63, 3.8) is 0 Å². The van der Waals surface area contributed by atoms with Gasteiger partial charge in [0.2, 0.25) is 0 Å². The van der Waals surface area contributed by atoms with Gasteiger partial charge in [0.25, 0.3) is 5.91 Å². The number of carbonyl (C=O) groups is 1. The van der Waals surface area contributed by atoms with Crippen LogP contribution >= 0.6 is 0 Å². The van der Waals surface area contributed by atoms with E-state index in [1.807, 2.05) is 0 Å². The predicted octanol–water partition coefficient (Wildman–Crippen LogP) is 1.25. The molecule has 1 aromatic rings. The number of hydrogen-bond donors (Lipinski definition) is 2. The monoisotopic (exact) mass is 263 g/mol. The lowest BCUT2D eigenvalue weighted by molar-refractivity contribution is 0.0934. The SMILES string of the molecule is CCN1CCC(CNC(=O)c2ccncc2O)CC1. The lowest BCUT2D eigenvalue weighted by Gasteiger charge is -2.31. The largest absolute Gasteiger partial charge is 0.505 e. The van der Waals surface area contributed by atoms with Crippen LogP contribution in [0.25, 0.3) is 0 Å². The third-order valence-corrected chi connectivity index (χ3v) is 3.75. The molecule has 5 heteroatoms. The molecular weight excluding hydrogens is 242 g/mol. The number of hydrogen-bond acceptors (Lipinski definition) is 4. The lowest BCUT2D eigenvalue weighted by Crippen LogP contribution is -2.38. The zero-order valence-corrected chi connectivity index (χ0v) is 11.3. The van der Waals surface area contributed by atoms with E-state index in [1.54, 1.807) is 0 Å². The highest BCUT2D eigenvalue weighted by Crippen LogP contribution is 2.17. The zero-order chi connectivity index (χ0) is 13.7. The summed E-state index contributed by atoms with van der Waals surface area (Å²) in [4.78, 5) is 18.1. The van der Waals surface area contributed by atoms with Crippen molar-refractivity contribution in [1.29, 1.82) is 0 Å². The van der Waals surface area contributed by atoms with Gasteiger partial charge in [0.15, 0.2) is 0 Å². The number of likely N-dealkylation sites (tertiary alicyclic amines) is 1. The maximum Gasteiger partial charge on any atom is 0.255 e. The van der Waals surface area contributed by atoms with E-state index in [-0.39, 0.29) is 11.7 Å². The van der Waals surface area contributed by atoms with Gasteiger partial charge in [0.05, 0.1) is 11.8 Å². The first-order chi connectivity index (χ1) is 9.20. The van der Waals surface area contributed by atoms with Crippen molar-refractivity contribution in [2.75, 3.05) is 26.2 Å². The highest BCUT2D eigenvalue weighted by molar-refractivity contribution is 5.96. The van der Waals surface area contributed by atoms with Crippen LogP contribution in [0.3, 0.4) is 0 Å². The van der Waals surface area contributed by atoms with E-state index in [9.17, 15) is 9.90 Å². The van der Waals surface area contributed by atoms with Crippen LogP contribution in [0.1, 0.15) is 30.1 Å². The van der Waals surface area contributed by atoms with E-state index < -0.39 is 0 Å². The normalized spacial score (nSPS) is 17.3. The second-order valence-electron chi connectivity index (χ2n) is 4.98. The van der Waals surface area contributed by atoms with Crippen LogP contribution in [-0.4, -0.2) is 47.1 Å². The molecule has 1 aliphatic heterocycles. The topological polar surface area (TPSA) is 65.5 Å². The molecule has 0 bridgehead atoms. The molecule has 0 spiro atoms. The van der Waals surface area contributed by atoms with Crippen molar-refractivity contribution in [1.82, 2.24) is 15.2 Å². The molecule has 2 rings (SSSR count). The average molecular weight is 263 g/mol. The van der Waals surface area contributed by atoms with Crippen molar-refractivity contribution < 1.29 is 9.90 Å². The Labute approximate surface area is 113 Å². The quantitative estimate of drug-likeness (QED) is 0.858. The first-order valence-corrected chi connectivity index (χ1v) is 6.84. The van der Waals surface area contributed by atoms with Crippen LogP contribution in [0.2, 0.25) is 0 Å². The number of rotatable bonds is 4. The van der Waals surface area contributed by atoms with Crippen LogP contribution in [-0.2, 0) is 0 Å². The van der Waals surface area contributed by atoms with Gasteiger partial charge >= 0.3 is 0 Å². The van der Waals surface area contributed by atoms with Gasteiger partial charge in [-0.05, 0) is 44.5 Å². The van der Waals surface area contributed by atoms with E-state index in [2.05, 4.69) is 22.1 Å². The molecule has 1 saturated heterocycles. The standard InChI is InChI=1S/C14H21N3O2/c1-2-17-7-4-11(5-8-17)9-16-14(19)12-3-6-15-10-13(12)18/h3,6,10-11,18H,2,4-5,7-9H2,1H3,(H,16,19). The fourth-order valence-electron chi connectivity index (χ4n) is 2.42. The van der Waals surface area contributed by atoms with E-state index in [1.165, 1.54) is 18.5 Å². The number of pyridine rings is 1. The molecule has 19 heavy (non-hydrogen) atoms. The molecule has 2 heterocycles. The Balaban J connectivity index is 1.80. The van der Waals surface area contributed by atoms with Gasteiger partial charge in [-0.1, -0.05) is 6.92 Å². The summed E-state index contributed by atoms with van der Waals surface area (Å²) in [7, 11) is 0. The van der Waals surface area contributed by atoms with E-state index in [4.69, 9.17) is 0 Å². The Morgan fingerprint density at radius 3 is 2.89 bits per heavy atom. The number of amides is 1. The van der Waals surface area contributed by atoms with Gasteiger partial charge in [0.1, 0.15) is 5.75 Å². The summed E-state index contributed by atoms with van der Waals surface area (Å²) in [6.07, 6.45) is 5.04. The number of piperidine rings is 1. The van der Waals surface area contributed by atoms with E-state index in [0.29, 0.717) is 18.0 Å². The van der Waals surface area contributed by atoms with Gasteiger partial charge in [-0.25, -0.2) is 0 Å². The summed E-state index contributed by atoms with van der Waals surface area (Å²) in [5.41, 5.74) is 0.293. The fourth-order valence-corrected chi connectivity index (χ4v) is 2.42. The van der Waals surface area contributed by atoms with Crippen molar-refractivity contribution in [2.45, 2.75) is 19.8 Å². The maximum atomic E-state index is 11.9. The van der Waals surface area contributed by atoms with Crippen molar-refractivity contribution in [2.24, 2.45) is 5.92 Å². The van der Waals surface area contributed by atoms with Gasteiger partial charge in [-0.3, -0.25) is 9.78 Å². The molecule has 0 radical (unpaired) electrons. The van der Waals surface area contributed by atoms with Crippen LogP contribution in [0.5, 0.6) is 5.75 Å². The molecule has 0 aromatic carbocycles. The number of nitrogens with zero attached hydrogens (tertiary/aromatic N) is 2. The Morgan fingerprint density at radius 1 is 1.53 bits per heavy atom. The minimum atomic E-state index is -0.224. The van der Waals surface area contributed by atoms with Crippen LogP contribution in [0.4, 0.5) is 0 Å². The molecule has 0 unspecified atom stereocenters. The Bertz CT molecular complexity index is 428. The average Bonchev–Trinajstić information content (AvgIpc) is 2.46. The molecule has 104 valence electrons. The third-order valence-electron chi connectivity index (χ3n) is 3.75. The number of aromatic nitrogens is 1. The molecule has 1 aliphatic rings.